The average Bonchev–Trinajstić information content (AvgIpc) is 1.83. The largest absolute Gasteiger partial charge is 0.295 e. The van der Waals surface area contributed by atoms with Gasteiger partial charge in [-0.2, -0.15) is 5.26 Å². The first-order valence-electron chi connectivity index (χ1n) is 2.16. The fraction of sp³-hybridized carbons (Fsp3) is 0.400. The predicted molar refractivity (Wildman–Crippen MR) is 25.9 cm³/mol. The molecule has 0 aliphatic rings. The smallest absolute Gasteiger partial charge is 0.196 e. The number of nitrogens with zero attached hydrogens (tertiary/aromatic N) is 1. The number of ketones is 1. The summed E-state index contributed by atoms with van der Waals surface area (Å²) in [7, 11) is 0. The zero-order valence-electron chi connectivity index (χ0n) is 4.26. The molecule has 0 spiro atoms. The molecule has 8 heavy (non-hydrogen) atoms. The van der Waals surface area contributed by atoms with Crippen molar-refractivity contribution in [2.75, 3.05) is 0 Å². The van der Waals surface area contributed by atoms with Gasteiger partial charge in [0.15, 0.2) is 12.1 Å². The standard InChI is InChI=1S/C5H5NO2/c6-3-1-2-5(8)4-7/h4H,1-2H2. The number of hydrogen-bond donors (Lipinski definition) is 0. The van der Waals surface area contributed by atoms with E-state index in [9.17, 15) is 9.59 Å². The summed E-state index contributed by atoms with van der Waals surface area (Å²) in [6, 6.07) is 1.75. The van der Waals surface area contributed by atoms with Crippen molar-refractivity contribution < 1.29 is 9.59 Å². The first kappa shape index (κ1) is 6.83. The van der Waals surface area contributed by atoms with Crippen LogP contribution < -0.4 is 0 Å². The molecule has 42 valence electrons. The zero-order chi connectivity index (χ0) is 6.41. The molecule has 0 aromatic carbocycles. The Hall–Kier alpha value is -1.17. The first-order chi connectivity index (χ1) is 3.81. The topological polar surface area (TPSA) is 57.9 Å². The lowest BCUT2D eigenvalue weighted by molar-refractivity contribution is -0.129. The minimum atomic E-state index is -0.508. The van der Waals surface area contributed by atoms with Crippen LogP contribution in [0, 0.1) is 11.3 Å². The molecular formula is C5H5NO2. The van der Waals surface area contributed by atoms with E-state index in [-0.39, 0.29) is 19.1 Å². The van der Waals surface area contributed by atoms with Crippen LogP contribution in [-0.2, 0) is 9.59 Å². The van der Waals surface area contributed by atoms with Crippen molar-refractivity contribution in [3.8, 4) is 6.07 Å². The summed E-state index contributed by atoms with van der Waals surface area (Å²) >= 11 is 0. The van der Waals surface area contributed by atoms with Gasteiger partial charge < -0.3 is 0 Å². The molecule has 0 bridgehead atoms. The third kappa shape index (κ3) is 3.04. The van der Waals surface area contributed by atoms with E-state index in [2.05, 4.69) is 0 Å². The highest BCUT2D eigenvalue weighted by atomic mass is 16.2. The second-order valence-corrected chi connectivity index (χ2v) is 1.24. The van der Waals surface area contributed by atoms with Crippen molar-refractivity contribution in [3.05, 3.63) is 0 Å². The number of hydrogen-bond acceptors (Lipinski definition) is 3. The highest BCUT2D eigenvalue weighted by molar-refractivity contribution is 6.24. The minimum absolute atomic E-state index is 0.0556. The summed E-state index contributed by atoms with van der Waals surface area (Å²) < 4.78 is 0. The van der Waals surface area contributed by atoms with Crippen LogP contribution in [0.5, 0.6) is 0 Å². The molecule has 0 rings (SSSR count). The number of aldehydes is 1. The molecule has 0 amide bonds. The van der Waals surface area contributed by atoms with E-state index in [1.807, 2.05) is 0 Å². The van der Waals surface area contributed by atoms with Crippen molar-refractivity contribution in [2.45, 2.75) is 12.8 Å². The van der Waals surface area contributed by atoms with E-state index >= 15 is 0 Å². The zero-order valence-corrected chi connectivity index (χ0v) is 4.26. The fourth-order valence-electron chi connectivity index (χ4n) is 0.238. The van der Waals surface area contributed by atoms with Gasteiger partial charge in [0.25, 0.3) is 0 Å². The SMILES string of the molecule is N#CCCC(=O)C=O. The molecule has 0 aromatic heterocycles. The van der Waals surface area contributed by atoms with Crippen LogP contribution >= 0.6 is 0 Å². The summed E-state index contributed by atoms with van der Waals surface area (Å²) in [5.74, 6) is -0.508. The summed E-state index contributed by atoms with van der Waals surface area (Å²) in [6.45, 7) is 0. The van der Waals surface area contributed by atoms with Gasteiger partial charge >= 0.3 is 0 Å². The summed E-state index contributed by atoms with van der Waals surface area (Å²) in [5.41, 5.74) is 0. The van der Waals surface area contributed by atoms with Gasteiger partial charge in [-0.25, -0.2) is 0 Å². The Balaban J connectivity index is 3.28. The van der Waals surface area contributed by atoms with E-state index in [0.29, 0.717) is 0 Å². The maximum absolute atomic E-state index is 10.1. The third-order valence-electron chi connectivity index (χ3n) is 0.615. The molecular weight excluding hydrogens is 106 g/mol. The average molecular weight is 111 g/mol. The van der Waals surface area contributed by atoms with Gasteiger partial charge in [0.1, 0.15) is 0 Å². The summed E-state index contributed by atoms with van der Waals surface area (Å²) in [4.78, 5) is 19.6. The normalized spacial score (nSPS) is 7.38. The Morgan fingerprint density at radius 3 is 2.75 bits per heavy atom. The molecule has 0 unspecified atom stereocenters. The van der Waals surface area contributed by atoms with Gasteiger partial charge in [0.2, 0.25) is 0 Å². The number of carbonyl (C=O) groups excluding carboxylic acids is 2. The number of nitriles is 1. The van der Waals surface area contributed by atoms with Crippen molar-refractivity contribution in [2.24, 2.45) is 0 Å². The van der Waals surface area contributed by atoms with Crippen LogP contribution in [-0.4, -0.2) is 12.1 Å². The Kier molecular flexibility index (Phi) is 3.42. The first-order valence-corrected chi connectivity index (χ1v) is 2.16. The number of Topliss-reactive ketones (excluding diaryl/α,β-unsaturated/α-hetero) is 1. The molecule has 0 fully saturated rings. The maximum atomic E-state index is 10.1. The van der Waals surface area contributed by atoms with Crippen molar-refractivity contribution in [3.63, 3.8) is 0 Å². The Morgan fingerprint density at radius 1 is 1.75 bits per heavy atom. The Morgan fingerprint density at radius 2 is 2.38 bits per heavy atom. The highest BCUT2D eigenvalue weighted by Crippen LogP contribution is 1.83. The van der Waals surface area contributed by atoms with Crippen molar-refractivity contribution in [1.82, 2.24) is 0 Å². The molecule has 0 aromatic rings. The van der Waals surface area contributed by atoms with Gasteiger partial charge in [-0.05, 0) is 0 Å². The van der Waals surface area contributed by atoms with E-state index < -0.39 is 5.78 Å². The van der Waals surface area contributed by atoms with Gasteiger partial charge in [0.05, 0.1) is 6.07 Å². The Bertz CT molecular complexity index is 134. The molecule has 0 atom stereocenters. The highest BCUT2D eigenvalue weighted by Gasteiger charge is 1.94. The number of carbonyl (C=O) groups is 2. The monoisotopic (exact) mass is 111 g/mol. The van der Waals surface area contributed by atoms with E-state index in [1.165, 1.54) is 0 Å². The molecule has 0 saturated carbocycles. The van der Waals surface area contributed by atoms with Crippen molar-refractivity contribution >= 4 is 12.1 Å². The van der Waals surface area contributed by atoms with Crippen LogP contribution in [0.1, 0.15) is 12.8 Å². The third-order valence-corrected chi connectivity index (χ3v) is 0.615. The van der Waals surface area contributed by atoms with Gasteiger partial charge in [-0.3, -0.25) is 9.59 Å². The van der Waals surface area contributed by atoms with Gasteiger partial charge in [-0.15, -0.1) is 0 Å². The van der Waals surface area contributed by atoms with Crippen molar-refractivity contribution in [1.29, 1.82) is 5.26 Å². The molecule has 3 heteroatoms. The second-order valence-electron chi connectivity index (χ2n) is 1.24. The lowest BCUT2D eigenvalue weighted by atomic mass is 10.2. The van der Waals surface area contributed by atoms with E-state index in [4.69, 9.17) is 5.26 Å². The minimum Gasteiger partial charge on any atom is -0.295 e. The molecule has 0 heterocycles. The quantitative estimate of drug-likeness (QED) is 0.382. The molecule has 0 aliphatic heterocycles. The predicted octanol–water partition coefficient (Wildman–Crippen LogP) is 0.0582. The fourth-order valence-corrected chi connectivity index (χ4v) is 0.238. The Labute approximate surface area is 46.9 Å². The summed E-state index contributed by atoms with van der Waals surface area (Å²) in [5, 5.41) is 7.89. The lowest BCUT2D eigenvalue weighted by Gasteiger charge is -1.78. The van der Waals surface area contributed by atoms with E-state index in [1.54, 1.807) is 6.07 Å². The van der Waals surface area contributed by atoms with Crippen LogP contribution in [0.15, 0.2) is 0 Å². The van der Waals surface area contributed by atoms with Crippen LogP contribution in [0.4, 0.5) is 0 Å². The molecule has 0 radical (unpaired) electrons. The lowest BCUT2D eigenvalue weighted by Crippen LogP contribution is -1.96. The van der Waals surface area contributed by atoms with E-state index in [0.717, 1.165) is 0 Å². The molecule has 0 saturated heterocycles. The van der Waals surface area contributed by atoms with Crippen LogP contribution in [0.3, 0.4) is 0 Å². The maximum Gasteiger partial charge on any atom is 0.196 e. The molecule has 0 aliphatic carbocycles. The second kappa shape index (κ2) is 4.00. The van der Waals surface area contributed by atoms with Crippen LogP contribution in [0.2, 0.25) is 0 Å². The van der Waals surface area contributed by atoms with Gasteiger partial charge in [-0.1, -0.05) is 0 Å². The summed E-state index contributed by atoms with van der Waals surface area (Å²) in [6.07, 6.45) is 0.426. The molecule has 0 N–H and O–H groups in total. The molecule has 3 nitrogen and oxygen atoms in total. The van der Waals surface area contributed by atoms with Gasteiger partial charge in [0, 0.05) is 12.8 Å². The van der Waals surface area contributed by atoms with Crippen LogP contribution in [0.25, 0.3) is 0 Å². The number of rotatable bonds is 3.